The van der Waals surface area contributed by atoms with Gasteiger partial charge in [-0.25, -0.2) is 4.68 Å². The van der Waals surface area contributed by atoms with E-state index in [-0.39, 0.29) is 5.91 Å². The third-order valence-electron chi connectivity index (χ3n) is 4.41. The van der Waals surface area contributed by atoms with Crippen molar-refractivity contribution in [1.29, 1.82) is 0 Å². The van der Waals surface area contributed by atoms with Gasteiger partial charge in [-0.2, -0.15) is 5.10 Å². The van der Waals surface area contributed by atoms with Crippen molar-refractivity contribution in [1.82, 2.24) is 9.78 Å². The highest BCUT2D eigenvalue weighted by Crippen LogP contribution is 2.29. The molecule has 0 unspecified atom stereocenters. The molecule has 1 aromatic heterocycles. The van der Waals surface area contributed by atoms with Gasteiger partial charge in [0.25, 0.3) is 0 Å². The zero-order chi connectivity index (χ0) is 17.1. The molecular weight excluding hydrogens is 312 g/mol. The molecule has 2 heterocycles. The molecular formula is C20H20N4O. The summed E-state index contributed by atoms with van der Waals surface area (Å²) in [5, 5.41) is 7.87. The number of hydrogen-bond acceptors (Lipinski definition) is 3. The highest BCUT2D eigenvalue weighted by Gasteiger charge is 2.23. The standard InChI is InChI=1S/C20H20N4O/c25-20-11-6-12-23(20)19-10-5-4-9-18(19)21-13-16-14-22-24(15-16)17-7-2-1-3-8-17/h1-5,7-10,14-15,21H,6,11-13H2. The third kappa shape index (κ3) is 3.26. The first kappa shape index (κ1) is 15.4. The minimum Gasteiger partial charge on any atom is -0.379 e. The highest BCUT2D eigenvalue weighted by atomic mass is 16.2. The molecule has 1 aliphatic rings. The van der Waals surface area contributed by atoms with E-state index < -0.39 is 0 Å². The van der Waals surface area contributed by atoms with Gasteiger partial charge in [0.2, 0.25) is 5.91 Å². The van der Waals surface area contributed by atoms with Gasteiger partial charge in [-0.1, -0.05) is 30.3 Å². The molecule has 5 nitrogen and oxygen atoms in total. The number of rotatable bonds is 5. The number of benzene rings is 2. The zero-order valence-electron chi connectivity index (χ0n) is 13.9. The fraction of sp³-hybridized carbons (Fsp3) is 0.200. The van der Waals surface area contributed by atoms with Gasteiger partial charge in [0.15, 0.2) is 0 Å². The van der Waals surface area contributed by atoms with Gasteiger partial charge in [-0.15, -0.1) is 0 Å². The third-order valence-corrected chi connectivity index (χ3v) is 4.41. The van der Waals surface area contributed by atoms with Crippen LogP contribution in [0.15, 0.2) is 67.0 Å². The van der Waals surface area contributed by atoms with E-state index >= 15 is 0 Å². The van der Waals surface area contributed by atoms with E-state index in [2.05, 4.69) is 10.4 Å². The number of amides is 1. The Bertz CT molecular complexity index is 872. The summed E-state index contributed by atoms with van der Waals surface area (Å²) in [7, 11) is 0. The van der Waals surface area contributed by atoms with Gasteiger partial charge in [-0.3, -0.25) is 4.79 Å². The Balaban J connectivity index is 1.49. The van der Waals surface area contributed by atoms with Crippen molar-refractivity contribution in [2.24, 2.45) is 0 Å². The van der Waals surface area contributed by atoms with Crippen LogP contribution in [0.1, 0.15) is 18.4 Å². The van der Waals surface area contributed by atoms with Crippen LogP contribution in [0, 0.1) is 0 Å². The predicted octanol–water partition coefficient (Wildman–Crippen LogP) is 3.61. The van der Waals surface area contributed by atoms with Crippen LogP contribution >= 0.6 is 0 Å². The molecule has 1 N–H and O–H groups in total. The highest BCUT2D eigenvalue weighted by molar-refractivity contribution is 5.98. The molecule has 1 saturated heterocycles. The first-order valence-corrected chi connectivity index (χ1v) is 8.53. The minimum absolute atomic E-state index is 0.200. The number of carbonyl (C=O) groups is 1. The number of para-hydroxylation sites is 3. The maximum atomic E-state index is 12.0. The average Bonchev–Trinajstić information content (AvgIpc) is 3.30. The van der Waals surface area contributed by atoms with Gasteiger partial charge in [0.1, 0.15) is 0 Å². The molecule has 1 fully saturated rings. The number of nitrogens with one attached hydrogen (secondary N) is 1. The molecule has 4 rings (SSSR count). The molecule has 0 aliphatic carbocycles. The molecule has 1 aliphatic heterocycles. The first-order chi connectivity index (χ1) is 12.3. The van der Waals surface area contributed by atoms with Crippen LogP contribution in [0.5, 0.6) is 0 Å². The van der Waals surface area contributed by atoms with Crippen molar-refractivity contribution in [3.05, 3.63) is 72.6 Å². The molecule has 1 amide bonds. The fourth-order valence-electron chi connectivity index (χ4n) is 3.13. The van der Waals surface area contributed by atoms with Crippen molar-refractivity contribution < 1.29 is 4.79 Å². The van der Waals surface area contributed by atoms with Gasteiger partial charge in [-0.05, 0) is 30.7 Å². The van der Waals surface area contributed by atoms with Crippen molar-refractivity contribution in [3.63, 3.8) is 0 Å². The Morgan fingerprint density at radius 3 is 2.64 bits per heavy atom. The Morgan fingerprint density at radius 2 is 1.84 bits per heavy atom. The molecule has 0 radical (unpaired) electrons. The number of carbonyl (C=O) groups excluding carboxylic acids is 1. The van der Waals surface area contributed by atoms with Crippen LogP contribution in [0.25, 0.3) is 5.69 Å². The number of aromatic nitrogens is 2. The van der Waals surface area contributed by atoms with E-state index in [1.165, 1.54) is 0 Å². The molecule has 126 valence electrons. The van der Waals surface area contributed by atoms with Crippen LogP contribution in [0.3, 0.4) is 0 Å². The summed E-state index contributed by atoms with van der Waals surface area (Å²) < 4.78 is 1.87. The lowest BCUT2D eigenvalue weighted by molar-refractivity contribution is -0.117. The van der Waals surface area contributed by atoms with E-state index in [9.17, 15) is 4.79 Å². The second kappa shape index (κ2) is 6.81. The van der Waals surface area contributed by atoms with Crippen LogP contribution in [0.4, 0.5) is 11.4 Å². The van der Waals surface area contributed by atoms with E-state index in [0.29, 0.717) is 13.0 Å². The maximum absolute atomic E-state index is 12.0. The smallest absolute Gasteiger partial charge is 0.227 e. The fourth-order valence-corrected chi connectivity index (χ4v) is 3.13. The predicted molar refractivity (Wildman–Crippen MR) is 98.9 cm³/mol. The van der Waals surface area contributed by atoms with Crippen molar-refractivity contribution in [2.45, 2.75) is 19.4 Å². The zero-order valence-corrected chi connectivity index (χ0v) is 13.9. The SMILES string of the molecule is O=C1CCCN1c1ccccc1NCc1cnn(-c2ccccc2)c1. The topological polar surface area (TPSA) is 50.2 Å². The van der Waals surface area contributed by atoms with Gasteiger partial charge >= 0.3 is 0 Å². The van der Waals surface area contributed by atoms with Gasteiger partial charge in [0.05, 0.1) is 23.3 Å². The second-order valence-electron chi connectivity index (χ2n) is 6.15. The molecule has 0 bridgehead atoms. The van der Waals surface area contributed by atoms with E-state index in [1.807, 2.05) is 76.6 Å². The summed E-state index contributed by atoms with van der Waals surface area (Å²) in [6, 6.07) is 18.0. The van der Waals surface area contributed by atoms with E-state index in [1.54, 1.807) is 0 Å². The van der Waals surface area contributed by atoms with Crippen molar-refractivity contribution >= 4 is 17.3 Å². The second-order valence-corrected chi connectivity index (χ2v) is 6.15. The first-order valence-electron chi connectivity index (χ1n) is 8.53. The molecule has 3 aromatic rings. The molecule has 25 heavy (non-hydrogen) atoms. The monoisotopic (exact) mass is 332 g/mol. The Labute approximate surface area is 146 Å². The molecule has 5 heteroatoms. The number of hydrogen-bond donors (Lipinski definition) is 1. The molecule has 2 aromatic carbocycles. The lowest BCUT2D eigenvalue weighted by Crippen LogP contribution is -2.24. The molecule has 0 saturated carbocycles. The maximum Gasteiger partial charge on any atom is 0.227 e. The van der Waals surface area contributed by atoms with Crippen LogP contribution in [0.2, 0.25) is 0 Å². The van der Waals surface area contributed by atoms with Crippen LogP contribution < -0.4 is 10.2 Å². The lowest BCUT2D eigenvalue weighted by Gasteiger charge is -2.20. The van der Waals surface area contributed by atoms with E-state index in [0.717, 1.165) is 35.6 Å². The van der Waals surface area contributed by atoms with E-state index in [4.69, 9.17) is 0 Å². The van der Waals surface area contributed by atoms with Crippen molar-refractivity contribution in [2.75, 3.05) is 16.8 Å². The number of nitrogens with zero attached hydrogens (tertiary/aromatic N) is 3. The minimum atomic E-state index is 0.200. The normalized spacial score (nSPS) is 14.1. The summed E-state index contributed by atoms with van der Waals surface area (Å²) in [6.45, 7) is 1.45. The average molecular weight is 332 g/mol. The van der Waals surface area contributed by atoms with Crippen molar-refractivity contribution in [3.8, 4) is 5.69 Å². The summed E-state index contributed by atoms with van der Waals surface area (Å²) >= 11 is 0. The number of anilines is 2. The Morgan fingerprint density at radius 1 is 1.04 bits per heavy atom. The Kier molecular flexibility index (Phi) is 4.21. The summed E-state index contributed by atoms with van der Waals surface area (Å²) in [6.07, 6.45) is 5.45. The largest absolute Gasteiger partial charge is 0.379 e. The van der Waals surface area contributed by atoms with Gasteiger partial charge in [0, 0.05) is 31.3 Å². The quantitative estimate of drug-likeness (QED) is 0.776. The summed E-state index contributed by atoms with van der Waals surface area (Å²) in [4.78, 5) is 13.9. The van der Waals surface area contributed by atoms with Crippen LogP contribution in [-0.4, -0.2) is 22.2 Å². The van der Waals surface area contributed by atoms with Gasteiger partial charge < -0.3 is 10.2 Å². The lowest BCUT2D eigenvalue weighted by atomic mass is 10.2. The molecule has 0 spiro atoms. The Hall–Kier alpha value is -3.08. The summed E-state index contributed by atoms with van der Waals surface area (Å²) in [5.41, 5.74) is 4.06. The summed E-state index contributed by atoms with van der Waals surface area (Å²) in [5.74, 6) is 0.200. The van der Waals surface area contributed by atoms with Crippen LogP contribution in [-0.2, 0) is 11.3 Å². The molecule has 0 atom stereocenters.